The third-order valence-corrected chi connectivity index (χ3v) is 5.03. The van der Waals surface area contributed by atoms with E-state index in [1.165, 1.54) is 12.1 Å². The molecule has 1 aromatic carbocycles. The van der Waals surface area contributed by atoms with Crippen molar-refractivity contribution < 1.29 is 27.2 Å². The maximum absolute atomic E-state index is 12.9. The van der Waals surface area contributed by atoms with Gasteiger partial charge in [0.15, 0.2) is 0 Å². The molecule has 0 amide bonds. The van der Waals surface area contributed by atoms with Gasteiger partial charge < -0.3 is 9.26 Å². The third kappa shape index (κ3) is 4.02. The predicted octanol–water partition coefficient (Wildman–Crippen LogP) is 2.19. The summed E-state index contributed by atoms with van der Waals surface area (Å²) in [6.45, 7) is 3.80. The van der Waals surface area contributed by atoms with Gasteiger partial charge in [-0.1, -0.05) is 17.3 Å². The highest BCUT2D eigenvalue weighted by Gasteiger charge is 2.34. The van der Waals surface area contributed by atoms with Crippen molar-refractivity contribution >= 4 is 5.97 Å². The molecule has 2 aliphatic heterocycles. The molecule has 1 aromatic heterocycles. The van der Waals surface area contributed by atoms with Crippen LogP contribution in [0.3, 0.4) is 0 Å². The third-order valence-electron chi connectivity index (χ3n) is 5.03. The molecule has 7 nitrogen and oxygen atoms in total. The molecule has 1 unspecified atom stereocenters. The van der Waals surface area contributed by atoms with Crippen LogP contribution in [0.1, 0.15) is 17.9 Å². The zero-order valence-corrected chi connectivity index (χ0v) is 15.0. The second kappa shape index (κ2) is 7.51. The van der Waals surface area contributed by atoms with Crippen LogP contribution in [0.4, 0.5) is 13.2 Å². The van der Waals surface area contributed by atoms with Crippen molar-refractivity contribution in [2.45, 2.75) is 25.2 Å². The number of carbonyl (C=O) groups is 1. The number of ether oxygens (including phenoxy) is 1. The van der Waals surface area contributed by atoms with E-state index >= 15 is 0 Å². The first-order valence-corrected chi connectivity index (χ1v) is 9.03. The molecule has 1 atom stereocenters. The highest BCUT2D eigenvalue weighted by Crippen LogP contribution is 2.31. The van der Waals surface area contributed by atoms with Crippen LogP contribution in [0, 0.1) is 0 Å². The molecule has 150 valence electrons. The Morgan fingerprint density at radius 2 is 1.96 bits per heavy atom. The van der Waals surface area contributed by atoms with E-state index in [2.05, 4.69) is 19.9 Å². The average molecular weight is 396 g/mol. The van der Waals surface area contributed by atoms with E-state index in [-0.39, 0.29) is 23.4 Å². The van der Waals surface area contributed by atoms with Gasteiger partial charge in [-0.15, -0.1) is 0 Å². The van der Waals surface area contributed by atoms with E-state index in [0.717, 1.165) is 44.7 Å². The van der Waals surface area contributed by atoms with Gasteiger partial charge in [-0.3, -0.25) is 14.6 Å². The first-order chi connectivity index (χ1) is 13.4. The monoisotopic (exact) mass is 396 g/mol. The number of hydrogen-bond donors (Lipinski definition) is 0. The molecule has 3 heterocycles. The summed E-state index contributed by atoms with van der Waals surface area (Å²) in [4.78, 5) is 20.2. The maximum Gasteiger partial charge on any atom is 0.416 e. The summed E-state index contributed by atoms with van der Waals surface area (Å²) in [7, 11) is 0. The van der Waals surface area contributed by atoms with Gasteiger partial charge >= 0.3 is 12.1 Å². The smallest absolute Gasteiger partial charge is 0.416 e. The fourth-order valence-corrected chi connectivity index (χ4v) is 3.51. The van der Waals surface area contributed by atoms with Crippen molar-refractivity contribution in [1.29, 1.82) is 0 Å². The summed E-state index contributed by atoms with van der Waals surface area (Å²) in [5, 5.41) is 3.81. The van der Waals surface area contributed by atoms with Crippen molar-refractivity contribution in [2.24, 2.45) is 0 Å². The Morgan fingerprint density at radius 1 is 1.18 bits per heavy atom. The standard InChI is InChI=1S/C18H19F3N4O3/c19-18(20,21)13-3-1-2-12(10-13)16-22-15(28-23-16)11-24-5-7-25(8-6-24)14-4-9-27-17(14)26/h1-3,10,14H,4-9,11H2. The number of alkyl halides is 3. The lowest BCUT2D eigenvalue weighted by molar-refractivity contribution is -0.143. The van der Waals surface area contributed by atoms with Gasteiger partial charge in [0.1, 0.15) is 6.04 Å². The fraction of sp³-hybridized carbons (Fsp3) is 0.500. The molecule has 2 saturated heterocycles. The van der Waals surface area contributed by atoms with Gasteiger partial charge in [-0.2, -0.15) is 18.2 Å². The van der Waals surface area contributed by atoms with Gasteiger partial charge in [0.25, 0.3) is 0 Å². The van der Waals surface area contributed by atoms with Crippen molar-refractivity contribution in [3.05, 3.63) is 35.7 Å². The summed E-state index contributed by atoms with van der Waals surface area (Å²) in [6.07, 6.45) is -3.70. The molecular weight excluding hydrogens is 377 g/mol. The number of benzene rings is 1. The Kier molecular flexibility index (Phi) is 5.07. The minimum Gasteiger partial charge on any atom is -0.464 e. The normalized spacial score (nSPS) is 21.8. The molecule has 0 radical (unpaired) electrons. The summed E-state index contributed by atoms with van der Waals surface area (Å²) in [5.41, 5.74) is -0.493. The molecule has 0 saturated carbocycles. The largest absolute Gasteiger partial charge is 0.464 e. The Morgan fingerprint density at radius 3 is 2.64 bits per heavy atom. The Balaban J connectivity index is 1.36. The number of nitrogens with zero attached hydrogens (tertiary/aromatic N) is 4. The van der Waals surface area contributed by atoms with Gasteiger partial charge in [-0.05, 0) is 12.1 Å². The summed E-state index contributed by atoms with van der Waals surface area (Å²) in [6, 6.07) is 4.70. The van der Waals surface area contributed by atoms with E-state index in [0.29, 0.717) is 19.0 Å². The molecule has 0 spiro atoms. The zero-order chi connectivity index (χ0) is 19.7. The van der Waals surface area contributed by atoms with E-state index < -0.39 is 11.7 Å². The predicted molar refractivity (Wildman–Crippen MR) is 91.0 cm³/mol. The number of aromatic nitrogens is 2. The van der Waals surface area contributed by atoms with Crippen LogP contribution in [-0.4, -0.2) is 64.7 Å². The van der Waals surface area contributed by atoms with Crippen LogP contribution < -0.4 is 0 Å². The summed E-state index contributed by atoms with van der Waals surface area (Å²) < 4.78 is 48.8. The van der Waals surface area contributed by atoms with Crippen molar-refractivity contribution in [1.82, 2.24) is 19.9 Å². The summed E-state index contributed by atoms with van der Waals surface area (Å²) in [5.74, 6) is 0.325. The minimum absolute atomic E-state index is 0.133. The first-order valence-electron chi connectivity index (χ1n) is 9.03. The van der Waals surface area contributed by atoms with Crippen LogP contribution in [-0.2, 0) is 22.3 Å². The SMILES string of the molecule is O=C1OCCC1N1CCN(Cc2nc(-c3cccc(C(F)(F)F)c3)no2)CC1. The topological polar surface area (TPSA) is 71.7 Å². The number of cyclic esters (lactones) is 1. The Labute approximate surface area is 159 Å². The highest BCUT2D eigenvalue weighted by atomic mass is 19.4. The first kappa shape index (κ1) is 18.9. The van der Waals surface area contributed by atoms with Crippen LogP contribution in [0.25, 0.3) is 11.4 Å². The van der Waals surface area contributed by atoms with E-state index in [9.17, 15) is 18.0 Å². The summed E-state index contributed by atoms with van der Waals surface area (Å²) >= 11 is 0. The van der Waals surface area contributed by atoms with Gasteiger partial charge in [0, 0.05) is 38.2 Å². The molecule has 28 heavy (non-hydrogen) atoms. The molecule has 10 heteroatoms. The number of carbonyl (C=O) groups excluding carboxylic acids is 1. The van der Waals surface area contributed by atoms with Crippen LogP contribution in [0.15, 0.2) is 28.8 Å². The number of rotatable bonds is 4. The molecule has 4 rings (SSSR count). The van der Waals surface area contributed by atoms with E-state index in [1.54, 1.807) is 0 Å². The molecular formula is C18H19F3N4O3. The van der Waals surface area contributed by atoms with Crippen LogP contribution in [0.2, 0.25) is 0 Å². The zero-order valence-electron chi connectivity index (χ0n) is 15.0. The van der Waals surface area contributed by atoms with Crippen molar-refractivity contribution in [3.8, 4) is 11.4 Å². The Bertz CT molecular complexity index is 847. The highest BCUT2D eigenvalue weighted by molar-refractivity contribution is 5.77. The van der Waals surface area contributed by atoms with Crippen molar-refractivity contribution in [3.63, 3.8) is 0 Å². The average Bonchev–Trinajstić information content (AvgIpc) is 3.31. The molecule has 0 aliphatic carbocycles. The second-order valence-electron chi connectivity index (χ2n) is 6.87. The van der Waals surface area contributed by atoms with Gasteiger partial charge in [0.05, 0.1) is 18.7 Å². The number of halogens is 3. The maximum atomic E-state index is 12.9. The van der Waals surface area contributed by atoms with E-state index in [4.69, 9.17) is 9.26 Å². The molecule has 2 fully saturated rings. The van der Waals surface area contributed by atoms with Gasteiger partial charge in [0.2, 0.25) is 11.7 Å². The molecule has 2 aliphatic rings. The lowest BCUT2D eigenvalue weighted by Gasteiger charge is -2.35. The molecule has 0 bridgehead atoms. The van der Waals surface area contributed by atoms with Gasteiger partial charge in [-0.25, -0.2) is 0 Å². The lowest BCUT2D eigenvalue weighted by Crippen LogP contribution is -2.51. The Hall–Kier alpha value is -2.46. The minimum atomic E-state index is -4.42. The quantitative estimate of drug-likeness (QED) is 0.734. The molecule has 0 N–H and O–H groups in total. The van der Waals surface area contributed by atoms with Crippen LogP contribution >= 0.6 is 0 Å². The fourth-order valence-electron chi connectivity index (χ4n) is 3.51. The number of piperazine rings is 1. The van der Waals surface area contributed by atoms with E-state index in [1.807, 2.05) is 0 Å². The second-order valence-corrected chi connectivity index (χ2v) is 6.87. The van der Waals surface area contributed by atoms with Crippen LogP contribution in [0.5, 0.6) is 0 Å². The lowest BCUT2D eigenvalue weighted by atomic mass is 10.1. The molecule has 2 aromatic rings. The number of hydrogen-bond acceptors (Lipinski definition) is 7. The van der Waals surface area contributed by atoms with Crippen molar-refractivity contribution in [2.75, 3.05) is 32.8 Å². The number of esters is 1.